The summed E-state index contributed by atoms with van der Waals surface area (Å²) in [5.74, 6) is -0.215. The number of nitrogens with zero attached hydrogens (tertiary/aromatic N) is 3. The quantitative estimate of drug-likeness (QED) is 0.437. The molecule has 10 heteroatoms. The van der Waals surface area contributed by atoms with Crippen LogP contribution in [0.5, 0.6) is 0 Å². The van der Waals surface area contributed by atoms with Gasteiger partial charge in [0.15, 0.2) is 5.78 Å². The number of rotatable bonds is 5. The van der Waals surface area contributed by atoms with Crippen molar-refractivity contribution >= 4 is 46.1 Å². The van der Waals surface area contributed by atoms with Crippen LogP contribution in [0.15, 0.2) is 18.3 Å². The van der Waals surface area contributed by atoms with Crippen LogP contribution in [0.1, 0.15) is 76.6 Å². The third-order valence-corrected chi connectivity index (χ3v) is 6.87. The first-order chi connectivity index (χ1) is 17.0. The maximum Gasteiger partial charge on any atom is 0.410 e. The van der Waals surface area contributed by atoms with Crippen molar-refractivity contribution in [1.82, 2.24) is 20.2 Å². The van der Waals surface area contributed by atoms with E-state index in [9.17, 15) is 14.4 Å². The lowest BCUT2D eigenvalue weighted by Gasteiger charge is -2.33. The molecule has 2 aliphatic rings. The first kappa shape index (κ1) is 26.1. The number of amides is 2. The first-order valence-corrected chi connectivity index (χ1v) is 12.9. The van der Waals surface area contributed by atoms with Gasteiger partial charge in [0, 0.05) is 24.8 Å². The van der Waals surface area contributed by atoms with Crippen molar-refractivity contribution in [3.05, 3.63) is 29.0 Å². The summed E-state index contributed by atoms with van der Waals surface area (Å²) in [4.78, 5) is 48.1. The minimum absolute atomic E-state index is 0.0330. The summed E-state index contributed by atoms with van der Waals surface area (Å²) in [5.41, 5.74) is 1.78. The number of hydrogen-bond donors (Lipinski definition) is 2. The minimum Gasteiger partial charge on any atom is -0.444 e. The number of hydrogen-bond acceptors (Lipinski definition) is 7. The number of ketones is 1. The number of carbonyl (C=O) groups excluding carboxylic acids is 3. The Bertz CT molecular complexity index is 1160. The molecule has 2 fully saturated rings. The van der Waals surface area contributed by atoms with E-state index in [2.05, 4.69) is 20.6 Å². The molecule has 0 bridgehead atoms. The van der Waals surface area contributed by atoms with Gasteiger partial charge in [0.25, 0.3) is 0 Å². The molecule has 194 valence electrons. The van der Waals surface area contributed by atoms with Gasteiger partial charge in [-0.1, -0.05) is 11.6 Å². The summed E-state index contributed by atoms with van der Waals surface area (Å²) in [6, 6.07) is 3.12. The van der Waals surface area contributed by atoms with Gasteiger partial charge in [-0.25, -0.2) is 9.78 Å². The Morgan fingerprint density at radius 2 is 1.78 bits per heavy atom. The molecule has 0 aromatic carbocycles. The van der Waals surface area contributed by atoms with E-state index < -0.39 is 17.7 Å². The molecular formula is C26H34ClN5O4. The molecule has 1 aliphatic heterocycles. The second kappa shape index (κ2) is 10.6. The van der Waals surface area contributed by atoms with Crippen LogP contribution in [0.4, 0.5) is 10.5 Å². The molecule has 36 heavy (non-hydrogen) atoms. The number of nitrogens with one attached hydrogen (secondary N) is 2. The van der Waals surface area contributed by atoms with E-state index in [-0.39, 0.29) is 23.8 Å². The fraction of sp³-hybridized carbons (Fsp3) is 0.577. The van der Waals surface area contributed by atoms with E-state index in [0.29, 0.717) is 40.4 Å². The van der Waals surface area contributed by atoms with Crippen LogP contribution in [-0.2, 0) is 9.53 Å². The highest BCUT2D eigenvalue weighted by atomic mass is 35.5. The molecule has 2 aromatic rings. The van der Waals surface area contributed by atoms with Crippen molar-refractivity contribution in [2.75, 3.05) is 11.9 Å². The molecule has 3 heterocycles. The standard InChI is InChI=1S/C26H34ClN5O4/c1-15(33)18-14-28-19-11-12-21(27)31-23(19)22(18)29-16-7-9-17(10-8-16)30-24(34)20-6-5-13-32(20)25(35)36-26(2,3)4/h11-12,14,16-17,20H,5-10,13H2,1-4H3,(H,28,29)(H,30,34)/t16?,17?,20-/m0/s1. The molecule has 1 saturated carbocycles. The maximum atomic E-state index is 13.0. The Kier molecular flexibility index (Phi) is 7.68. The van der Waals surface area contributed by atoms with E-state index in [4.69, 9.17) is 16.3 Å². The second-order valence-electron chi connectivity index (χ2n) is 10.6. The third kappa shape index (κ3) is 6.06. The Hall–Kier alpha value is -2.94. The molecule has 1 saturated heterocycles. The fourth-order valence-electron chi connectivity index (χ4n) is 4.92. The average Bonchev–Trinajstić information content (AvgIpc) is 3.30. The fourth-order valence-corrected chi connectivity index (χ4v) is 5.06. The monoisotopic (exact) mass is 515 g/mol. The largest absolute Gasteiger partial charge is 0.444 e. The zero-order chi connectivity index (χ0) is 26.0. The number of pyridine rings is 2. The minimum atomic E-state index is -0.602. The van der Waals surface area contributed by atoms with Crippen molar-refractivity contribution in [3.63, 3.8) is 0 Å². The zero-order valence-corrected chi connectivity index (χ0v) is 22.0. The van der Waals surface area contributed by atoms with Gasteiger partial charge >= 0.3 is 6.09 Å². The van der Waals surface area contributed by atoms with E-state index in [1.807, 2.05) is 20.8 Å². The Morgan fingerprint density at radius 1 is 1.08 bits per heavy atom. The van der Waals surface area contributed by atoms with Gasteiger partial charge in [-0.2, -0.15) is 0 Å². The van der Waals surface area contributed by atoms with Crippen molar-refractivity contribution in [1.29, 1.82) is 0 Å². The van der Waals surface area contributed by atoms with Crippen molar-refractivity contribution in [2.24, 2.45) is 0 Å². The summed E-state index contributed by atoms with van der Waals surface area (Å²) < 4.78 is 5.48. The van der Waals surface area contributed by atoms with Crippen LogP contribution in [0.2, 0.25) is 5.15 Å². The van der Waals surface area contributed by atoms with Crippen molar-refractivity contribution < 1.29 is 19.1 Å². The Balaban J connectivity index is 1.37. The van der Waals surface area contributed by atoms with Gasteiger partial charge in [-0.3, -0.25) is 19.5 Å². The number of carbonyl (C=O) groups is 3. The van der Waals surface area contributed by atoms with E-state index in [0.717, 1.165) is 32.1 Å². The molecule has 0 unspecified atom stereocenters. The van der Waals surface area contributed by atoms with Crippen LogP contribution in [0, 0.1) is 0 Å². The number of anilines is 1. The number of fused-ring (bicyclic) bond motifs is 1. The predicted octanol–water partition coefficient (Wildman–Crippen LogP) is 4.72. The maximum absolute atomic E-state index is 13.0. The highest BCUT2D eigenvalue weighted by molar-refractivity contribution is 6.30. The van der Waals surface area contributed by atoms with Crippen molar-refractivity contribution in [2.45, 2.75) is 89.9 Å². The van der Waals surface area contributed by atoms with Crippen LogP contribution in [0.25, 0.3) is 11.0 Å². The van der Waals surface area contributed by atoms with E-state index in [1.165, 1.54) is 6.92 Å². The molecule has 9 nitrogen and oxygen atoms in total. The zero-order valence-electron chi connectivity index (χ0n) is 21.3. The summed E-state index contributed by atoms with van der Waals surface area (Å²) in [6.07, 6.45) is 5.76. The Morgan fingerprint density at radius 3 is 2.44 bits per heavy atom. The Labute approximate surface area is 216 Å². The van der Waals surface area contributed by atoms with Crippen LogP contribution >= 0.6 is 11.6 Å². The average molecular weight is 516 g/mol. The normalized spacial score (nSPS) is 22.4. The number of ether oxygens (including phenoxy) is 1. The van der Waals surface area contributed by atoms with Gasteiger partial charge < -0.3 is 15.4 Å². The number of Topliss-reactive ketones (excluding diaryl/α,β-unsaturated/α-hetero) is 1. The smallest absolute Gasteiger partial charge is 0.410 e. The molecule has 0 radical (unpaired) electrons. The van der Waals surface area contributed by atoms with Crippen LogP contribution < -0.4 is 10.6 Å². The topological polar surface area (TPSA) is 114 Å². The second-order valence-corrected chi connectivity index (χ2v) is 11.0. The molecule has 1 aliphatic carbocycles. The van der Waals surface area contributed by atoms with Crippen LogP contribution in [0.3, 0.4) is 0 Å². The summed E-state index contributed by atoms with van der Waals surface area (Å²) >= 11 is 6.12. The van der Waals surface area contributed by atoms with Gasteiger partial charge in [-0.15, -0.1) is 0 Å². The molecule has 2 N–H and O–H groups in total. The van der Waals surface area contributed by atoms with Gasteiger partial charge in [0.05, 0.1) is 16.8 Å². The lowest BCUT2D eigenvalue weighted by Crippen LogP contribution is -2.50. The van der Waals surface area contributed by atoms with Gasteiger partial charge in [0.1, 0.15) is 22.3 Å². The number of likely N-dealkylation sites (tertiary alicyclic amines) is 1. The lowest BCUT2D eigenvalue weighted by atomic mass is 9.90. The van der Waals surface area contributed by atoms with E-state index >= 15 is 0 Å². The molecule has 4 rings (SSSR count). The third-order valence-electron chi connectivity index (χ3n) is 6.66. The predicted molar refractivity (Wildman–Crippen MR) is 138 cm³/mol. The lowest BCUT2D eigenvalue weighted by molar-refractivity contribution is -0.126. The number of aromatic nitrogens is 2. The summed E-state index contributed by atoms with van der Waals surface area (Å²) in [5, 5.41) is 7.00. The summed E-state index contributed by atoms with van der Waals surface area (Å²) in [7, 11) is 0. The highest BCUT2D eigenvalue weighted by Gasteiger charge is 2.37. The van der Waals surface area contributed by atoms with Gasteiger partial charge in [0.2, 0.25) is 5.91 Å². The van der Waals surface area contributed by atoms with E-state index in [1.54, 1.807) is 23.2 Å². The molecular weight excluding hydrogens is 482 g/mol. The molecule has 2 amide bonds. The first-order valence-electron chi connectivity index (χ1n) is 12.5. The summed E-state index contributed by atoms with van der Waals surface area (Å²) in [6.45, 7) is 7.50. The number of halogens is 1. The molecule has 1 atom stereocenters. The van der Waals surface area contributed by atoms with Crippen molar-refractivity contribution in [3.8, 4) is 0 Å². The highest BCUT2D eigenvalue weighted by Crippen LogP contribution is 2.30. The molecule has 0 spiro atoms. The van der Waals surface area contributed by atoms with Gasteiger partial charge in [-0.05, 0) is 78.4 Å². The SMILES string of the molecule is CC(=O)c1cnc2ccc(Cl)nc2c1NC1CCC(NC(=O)[C@@H]2CCCN2C(=O)OC(C)(C)C)CC1. The van der Waals surface area contributed by atoms with Crippen LogP contribution in [-0.4, -0.2) is 62.9 Å². The molecule has 2 aromatic heterocycles.